The molecule has 0 unspecified atom stereocenters. The van der Waals surface area contributed by atoms with E-state index in [1.54, 1.807) is 32.8 Å². The summed E-state index contributed by atoms with van der Waals surface area (Å²) in [6, 6.07) is 12.3. The third-order valence-corrected chi connectivity index (χ3v) is 4.54. The molecule has 0 N–H and O–H groups in total. The number of fused-ring (bicyclic) bond motifs is 1. The molecule has 0 spiro atoms. The van der Waals surface area contributed by atoms with Crippen LogP contribution in [0.5, 0.6) is 11.5 Å². The average molecular weight is 363 g/mol. The van der Waals surface area contributed by atoms with Gasteiger partial charge in [0.15, 0.2) is 11.5 Å². The van der Waals surface area contributed by atoms with Crippen LogP contribution in [0.25, 0.3) is 28.0 Å². The molecule has 136 valence electrons. The molecule has 0 saturated heterocycles. The summed E-state index contributed by atoms with van der Waals surface area (Å²) >= 11 is 0. The minimum Gasteiger partial charge on any atom is -0.493 e. The molecule has 6 heteroatoms. The van der Waals surface area contributed by atoms with E-state index in [-0.39, 0.29) is 5.82 Å². The van der Waals surface area contributed by atoms with Crippen molar-refractivity contribution >= 4 is 11.0 Å². The Morgan fingerprint density at radius 2 is 1.74 bits per heavy atom. The molecular formula is C21H18FN3O2. The molecule has 2 aromatic carbocycles. The zero-order valence-corrected chi connectivity index (χ0v) is 15.2. The highest BCUT2D eigenvalue weighted by Crippen LogP contribution is 2.31. The third-order valence-electron chi connectivity index (χ3n) is 4.54. The van der Waals surface area contributed by atoms with Crippen molar-refractivity contribution in [1.29, 1.82) is 0 Å². The van der Waals surface area contributed by atoms with Gasteiger partial charge in [-0.1, -0.05) is 0 Å². The summed E-state index contributed by atoms with van der Waals surface area (Å²) in [5.41, 5.74) is 5.05. The number of benzene rings is 2. The van der Waals surface area contributed by atoms with Gasteiger partial charge in [0.1, 0.15) is 17.7 Å². The Bertz CT molecular complexity index is 1140. The lowest BCUT2D eigenvalue weighted by molar-refractivity contribution is 0.355. The molecule has 2 aromatic heterocycles. The van der Waals surface area contributed by atoms with E-state index in [2.05, 4.69) is 9.97 Å². The van der Waals surface area contributed by atoms with Gasteiger partial charge in [-0.3, -0.25) is 9.55 Å². The number of imidazole rings is 1. The fourth-order valence-electron chi connectivity index (χ4n) is 3.15. The van der Waals surface area contributed by atoms with Crippen LogP contribution in [-0.4, -0.2) is 28.8 Å². The predicted octanol–water partition coefficient (Wildman–Crippen LogP) is 4.55. The van der Waals surface area contributed by atoms with Crippen LogP contribution in [0.2, 0.25) is 0 Å². The maximum Gasteiger partial charge on any atom is 0.162 e. The van der Waals surface area contributed by atoms with Crippen molar-refractivity contribution in [2.24, 2.45) is 0 Å². The first kappa shape index (κ1) is 17.0. The van der Waals surface area contributed by atoms with Crippen molar-refractivity contribution in [3.63, 3.8) is 0 Å². The largest absolute Gasteiger partial charge is 0.493 e. The number of hydrogen-bond acceptors (Lipinski definition) is 4. The minimum atomic E-state index is -0.257. The van der Waals surface area contributed by atoms with Crippen molar-refractivity contribution in [2.45, 2.75) is 6.92 Å². The molecule has 5 nitrogen and oxygen atoms in total. The van der Waals surface area contributed by atoms with Crippen LogP contribution in [0, 0.1) is 12.7 Å². The fourth-order valence-corrected chi connectivity index (χ4v) is 3.15. The van der Waals surface area contributed by atoms with Gasteiger partial charge in [0.05, 0.1) is 37.3 Å². The number of hydrogen-bond donors (Lipinski definition) is 0. The fraction of sp³-hybridized carbons (Fsp3) is 0.143. The van der Waals surface area contributed by atoms with E-state index < -0.39 is 0 Å². The Morgan fingerprint density at radius 3 is 2.48 bits per heavy atom. The molecule has 27 heavy (non-hydrogen) atoms. The molecule has 0 saturated carbocycles. The van der Waals surface area contributed by atoms with E-state index in [4.69, 9.17) is 9.47 Å². The third kappa shape index (κ3) is 2.99. The van der Waals surface area contributed by atoms with E-state index >= 15 is 0 Å². The highest BCUT2D eigenvalue weighted by Gasteiger charge is 2.12. The zero-order chi connectivity index (χ0) is 19.0. The van der Waals surface area contributed by atoms with Gasteiger partial charge in [0, 0.05) is 11.6 Å². The Labute approximate surface area is 156 Å². The lowest BCUT2D eigenvalue weighted by Crippen LogP contribution is -1.96. The number of nitrogens with zero attached hydrogens (tertiary/aromatic N) is 3. The number of methoxy groups -OCH3 is 2. The topological polar surface area (TPSA) is 49.2 Å². The number of rotatable bonds is 4. The molecule has 2 heterocycles. The Balaban J connectivity index is 1.86. The second kappa shape index (κ2) is 6.72. The second-order valence-corrected chi connectivity index (χ2v) is 6.17. The number of aryl methyl sites for hydroxylation is 1. The summed E-state index contributed by atoms with van der Waals surface area (Å²) in [6.45, 7) is 1.87. The SMILES string of the molecule is COc1ccc(-n2cnc3cnc(-c4ccc(F)cc4C)cc32)cc1OC. The second-order valence-electron chi connectivity index (χ2n) is 6.17. The number of ether oxygens (including phenoxy) is 2. The monoisotopic (exact) mass is 363 g/mol. The van der Waals surface area contributed by atoms with Crippen molar-refractivity contribution in [3.05, 3.63) is 66.4 Å². The molecule has 0 aliphatic rings. The van der Waals surface area contributed by atoms with Crippen molar-refractivity contribution in [2.75, 3.05) is 14.2 Å². The van der Waals surface area contributed by atoms with Crippen molar-refractivity contribution in [3.8, 4) is 28.4 Å². The van der Waals surface area contributed by atoms with Gasteiger partial charge >= 0.3 is 0 Å². The number of pyridine rings is 1. The molecule has 4 rings (SSSR count). The molecule has 4 aromatic rings. The molecule has 0 radical (unpaired) electrons. The van der Waals surface area contributed by atoms with Crippen LogP contribution in [-0.2, 0) is 0 Å². The van der Waals surface area contributed by atoms with Crippen LogP contribution < -0.4 is 9.47 Å². The summed E-state index contributed by atoms with van der Waals surface area (Å²) < 4.78 is 26.1. The average Bonchev–Trinajstić information content (AvgIpc) is 3.10. The van der Waals surface area contributed by atoms with Crippen LogP contribution in [0.15, 0.2) is 55.0 Å². The van der Waals surface area contributed by atoms with Gasteiger partial charge in [-0.2, -0.15) is 0 Å². The van der Waals surface area contributed by atoms with E-state index in [0.717, 1.165) is 33.5 Å². The molecule has 0 fully saturated rings. The van der Waals surface area contributed by atoms with Gasteiger partial charge in [0.25, 0.3) is 0 Å². The van der Waals surface area contributed by atoms with Crippen LogP contribution in [0.1, 0.15) is 5.56 Å². The van der Waals surface area contributed by atoms with E-state index in [0.29, 0.717) is 11.5 Å². The van der Waals surface area contributed by atoms with Crippen molar-refractivity contribution < 1.29 is 13.9 Å². The first-order chi connectivity index (χ1) is 13.1. The standard InChI is InChI=1S/C21H18FN3O2/c1-13-8-14(22)4-6-16(13)17-10-19-18(11-23-17)24-12-25(19)15-5-7-20(26-2)21(9-15)27-3/h4-12H,1-3H3. The molecule has 0 aliphatic heterocycles. The van der Waals surface area contributed by atoms with Gasteiger partial charge in [-0.25, -0.2) is 9.37 Å². The smallest absolute Gasteiger partial charge is 0.162 e. The van der Waals surface area contributed by atoms with Gasteiger partial charge in [0.2, 0.25) is 0 Å². The lowest BCUT2D eigenvalue weighted by Gasteiger charge is -2.11. The van der Waals surface area contributed by atoms with E-state index in [9.17, 15) is 4.39 Å². The summed E-state index contributed by atoms with van der Waals surface area (Å²) in [6.07, 6.45) is 3.47. The van der Waals surface area contributed by atoms with E-state index in [1.807, 2.05) is 35.8 Å². The maximum absolute atomic E-state index is 13.4. The highest BCUT2D eigenvalue weighted by molar-refractivity contribution is 5.81. The molecule has 0 bridgehead atoms. The summed E-state index contributed by atoms with van der Waals surface area (Å²) in [5, 5.41) is 0. The number of aromatic nitrogens is 3. The van der Waals surface area contributed by atoms with Gasteiger partial charge in [-0.15, -0.1) is 0 Å². The Morgan fingerprint density at radius 1 is 0.926 bits per heavy atom. The van der Waals surface area contributed by atoms with Crippen LogP contribution >= 0.6 is 0 Å². The summed E-state index contributed by atoms with van der Waals surface area (Å²) in [5.74, 6) is 1.04. The molecular weight excluding hydrogens is 345 g/mol. The Kier molecular flexibility index (Phi) is 4.24. The molecule has 0 amide bonds. The number of halogens is 1. The van der Waals surface area contributed by atoms with Crippen LogP contribution in [0.4, 0.5) is 4.39 Å². The molecule has 0 atom stereocenters. The van der Waals surface area contributed by atoms with Crippen LogP contribution in [0.3, 0.4) is 0 Å². The minimum absolute atomic E-state index is 0.257. The van der Waals surface area contributed by atoms with Gasteiger partial charge < -0.3 is 9.47 Å². The Hall–Kier alpha value is -3.41. The van der Waals surface area contributed by atoms with Gasteiger partial charge in [-0.05, 0) is 48.9 Å². The maximum atomic E-state index is 13.4. The normalized spacial score (nSPS) is 11.0. The van der Waals surface area contributed by atoms with E-state index in [1.165, 1.54) is 12.1 Å². The lowest BCUT2D eigenvalue weighted by atomic mass is 10.0. The van der Waals surface area contributed by atoms with Crippen molar-refractivity contribution in [1.82, 2.24) is 14.5 Å². The quantitative estimate of drug-likeness (QED) is 0.534. The first-order valence-corrected chi connectivity index (χ1v) is 8.42. The zero-order valence-electron chi connectivity index (χ0n) is 15.2. The predicted molar refractivity (Wildman–Crippen MR) is 102 cm³/mol. The summed E-state index contributed by atoms with van der Waals surface area (Å²) in [7, 11) is 3.21. The molecule has 0 aliphatic carbocycles. The summed E-state index contributed by atoms with van der Waals surface area (Å²) in [4.78, 5) is 8.93. The highest BCUT2D eigenvalue weighted by atomic mass is 19.1. The first-order valence-electron chi connectivity index (χ1n) is 8.42.